The van der Waals surface area contributed by atoms with Crippen molar-refractivity contribution >= 4 is 0 Å². The van der Waals surface area contributed by atoms with Crippen LogP contribution >= 0.6 is 0 Å². The Morgan fingerprint density at radius 1 is 1.00 bits per heavy atom. The Morgan fingerprint density at radius 2 is 1.71 bits per heavy atom. The lowest BCUT2D eigenvalue weighted by Gasteiger charge is -2.12. The number of hydrogen-bond donors (Lipinski definition) is 2. The second-order valence-corrected chi connectivity index (χ2v) is 4.91. The van der Waals surface area contributed by atoms with Gasteiger partial charge in [0.15, 0.2) is 0 Å². The molecule has 1 atom stereocenters. The first-order valence-corrected chi connectivity index (χ1v) is 6.99. The summed E-state index contributed by atoms with van der Waals surface area (Å²) in [5, 5.41) is 12.9. The summed E-state index contributed by atoms with van der Waals surface area (Å²) < 4.78 is 18.2. The Bertz CT molecular complexity index is 516. The van der Waals surface area contributed by atoms with E-state index in [-0.39, 0.29) is 12.4 Å². The summed E-state index contributed by atoms with van der Waals surface area (Å²) in [6, 6.07) is 16.1. The highest BCUT2D eigenvalue weighted by Crippen LogP contribution is 2.03. The van der Waals surface area contributed by atoms with Gasteiger partial charge in [-0.25, -0.2) is 4.39 Å². The van der Waals surface area contributed by atoms with Gasteiger partial charge in [-0.05, 0) is 23.3 Å². The van der Waals surface area contributed by atoms with Gasteiger partial charge < -0.3 is 15.2 Å². The van der Waals surface area contributed by atoms with E-state index < -0.39 is 6.10 Å². The minimum absolute atomic E-state index is 0.243. The maximum Gasteiger partial charge on any atom is 0.123 e. The van der Waals surface area contributed by atoms with Crippen LogP contribution in [0.5, 0.6) is 0 Å². The fourth-order valence-electron chi connectivity index (χ4n) is 1.93. The highest BCUT2D eigenvalue weighted by molar-refractivity contribution is 5.15. The zero-order valence-electron chi connectivity index (χ0n) is 11.8. The van der Waals surface area contributed by atoms with E-state index >= 15 is 0 Å². The molecular formula is C17H20FNO2. The van der Waals surface area contributed by atoms with Crippen LogP contribution in [-0.4, -0.2) is 24.4 Å². The van der Waals surface area contributed by atoms with Crippen molar-refractivity contribution in [3.63, 3.8) is 0 Å². The summed E-state index contributed by atoms with van der Waals surface area (Å²) in [6.07, 6.45) is -0.561. The fourth-order valence-corrected chi connectivity index (χ4v) is 1.93. The summed E-state index contributed by atoms with van der Waals surface area (Å²) in [5.74, 6) is -0.243. The standard InChI is InChI=1S/C17H20FNO2/c18-16-8-6-14(7-9-16)10-19-11-17(20)13-21-12-15-4-2-1-3-5-15/h1-9,17,19-20H,10-13H2. The van der Waals surface area contributed by atoms with E-state index in [1.54, 1.807) is 12.1 Å². The summed E-state index contributed by atoms with van der Waals surface area (Å²) in [4.78, 5) is 0. The van der Waals surface area contributed by atoms with Gasteiger partial charge in [0.25, 0.3) is 0 Å². The molecule has 0 fully saturated rings. The van der Waals surface area contributed by atoms with E-state index in [9.17, 15) is 9.50 Å². The molecule has 0 heterocycles. The van der Waals surface area contributed by atoms with E-state index in [1.165, 1.54) is 12.1 Å². The quantitative estimate of drug-likeness (QED) is 0.784. The highest BCUT2D eigenvalue weighted by atomic mass is 19.1. The van der Waals surface area contributed by atoms with Gasteiger partial charge in [0.2, 0.25) is 0 Å². The molecule has 0 aliphatic rings. The van der Waals surface area contributed by atoms with E-state index in [0.717, 1.165) is 11.1 Å². The van der Waals surface area contributed by atoms with Crippen molar-refractivity contribution in [2.24, 2.45) is 0 Å². The maximum atomic E-state index is 12.7. The smallest absolute Gasteiger partial charge is 0.123 e. The second-order valence-electron chi connectivity index (χ2n) is 4.91. The predicted octanol–water partition coefficient (Wildman–Crippen LogP) is 2.49. The predicted molar refractivity (Wildman–Crippen MR) is 80.2 cm³/mol. The van der Waals surface area contributed by atoms with Crippen molar-refractivity contribution < 1.29 is 14.2 Å². The van der Waals surface area contributed by atoms with Crippen LogP contribution < -0.4 is 5.32 Å². The van der Waals surface area contributed by atoms with E-state index in [4.69, 9.17) is 4.74 Å². The number of aliphatic hydroxyl groups is 1. The maximum absolute atomic E-state index is 12.7. The molecule has 0 bridgehead atoms. The second kappa shape index (κ2) is 8.52. The topological polar surface area (TPSA) is 41.5 Å². The average Bonchev–Trinajstić information content (AvgIpc) is 2.50. The van der Waals surface area contributed by atoms with Crippen molar-refractivity contribution in [1.82, 2.24) is 5.32 Å². The Hall–Kier alpha value is -1.75. The number of rotatable bonds is 8. The van der Waals surface area contributed by atoms with Crippen molar-refractivity contribution in [1.29, 1.82) is 0 Å². The Balaban J connectivity index is 1.59. The lowest BCUT2D eigenvalue weighted by atomic mass is 10.2. The van der Waals surface area contributed by atoms with Gasteiger partial charge in [0, 0.05) is 13.1 Å². The lowest BCUT2D eigenvalue weighted by Crippen LogP contribution is -2.30. The Labute approximate surface area is 124 Å². The first-order valence-electron chi connectivity index (χ1n) is 6.99. The molecule has 2 aromatic rings. The normalized spacial score (nSPS) is 12.3. The molecule has 0 radical (unpaired) electrons. The summed E-state index contributed by atoms with van der Waals surface area (Å²) >= 11 is 0. The number of hydrogen-bond acceptors (Lipinski definition) is 3. The molecule has 21 heavy (non-hydrogen) atoms. The molecule has 0 amide bonds. The van der Waals surface area contributed by atoms with E-state index in [1.807, 2.05) is 30.3 Å². The number of benzene rings is 2. The molecule has 0 saturated heterocycles. The van der Waals surface area contributed by atoms with Crippen molar-refractivity contribution in [2.75, 3.05) is 13.2 Å². The first-order chi connectivity index (χ1) is 10.2. The van der Waals surface area contributed by atoms with Gasteiger partial charge in [0.1, 0.15) is 5.82 Å². The fraction of sp³-hybridized carbons (Fsp3) is 0.294. The van der Waals surface area contributed by atoms with Gasteiger partial charge in [-0.15, -0.1) is 0 Å². The van der Waals surface area contributed by atoms with Crippen LogP contribution in [-0.2, 0) is 17.9 Å². The highest BCUT2D eigenvalue weighted by Gasteiger charge is 2.04. The molecule has 0 spiro atoms. The van der Waals surface area contributed by atoms with Gasteiger partial charge in [-0.2, -0.15) is 0 Å². The third-order valence-electron chi connectivity index (χ3n) is 3.04. The number of aliphatic hydroxyl groups excluding tert-OH is 1. The van der Waals surface area contributed by atoms with Crippen molar-refractivity contribution in [3.05, 3.63) is 71.5 Å². The number of halogens is 1. The molecule has 0 aromatic heterocycles. The first kappa shape index (κ1) is 15.6. The van der Waals surface area contributed by atoms with Crippen LogP contribution in [0.25, 0.3) is 0 Å². The van der Waals surface area contributed by atoms with Crippen LogP contribution in [0.15, 0.2) is 54.6 Å². The molecule has 0 aliphatic heterocycles. The zero-order chi connectivity index (χ0) is 14.9. The van der Waals surface area contributed by atoms with Crippen LogP contribution in [0.4, 0.5) is 4.39 Å². The van der Waals surface area contributed by atoms with Gasteiger partial charge in [-0.1, -0.05) is 42.5 Å². The third kappa shape index (κ3) is 6.04. The summed E-state index contributed by atoms with van der Waals surface area (Å²) in [7, 11) is 0. The summed E-state index contributed by atoms with van der Waals surface area (Å²) in [6.45, 7) is 1.81. The third-order valence-corrected chi connectivity index (χ3v) is 3.04. The Morgan fingerprint density at radius 3 is 2.43 bits per heavy atom. The molecule has 112 valence electrons. The molecule has 4 heteroatoms. The van der Waals surface area contributed by atoms with E-state index in [0.29, 0.717) is 19.7 Å². The van der Waals surface area contributed by atoms with Crippen molar-refractivity contribution in [2.45, 2.75) is 19.3 Å². The van der Waals surface area contributed by atoms with Crippen LogP contribution in [0.2, 0.25) is 0 Å². The molecule has 2 rings (SSSR count). The molecule has 1 unspecified atom stereocenters. The number of nitrogens with one attached hydrogen (secondary N) is 1. The summed E-state index contributed by atoms with van der Waals surface area (Å²) in [5.41, 5.74) is 2.07. The molecular weight excluding hydrogens is 269 g/mol. The van der Waals surface area contributed by atoms with Gasteiger partial charge >= 0.3 is 0 Å². The van der Waals surface area contributed by atoms with Gasteiger partial charge in [0.05, 0.1) is 19.3 Å². The van der Waals surface area contributed by atoms with Crippen LogP contribution in [0.3, 0.4) is 0 Å². The monoisotopic (exact) mass is 289 g/mol. The largest absolute Gasteiger partial charge is 0.389 e. The Kier molecular flexibility index (Phi) is 6.34. The molecule has 0 saturated carbocycles. The van der Waals surface area contributed by atoms with E-state index in [2.05, 4.69) is 5.32 Å². The average molecular weight is 289 g/mol. The van der Waals surface area contributed by atoms with Crippen LogP contribution in [0.1, 0.15) is 11.1 Å². The van der Waals surface area contributed by atoms with Crippen molar-refractivity contribution in [3.8, 4) is 0 Å². The van der Waals surface area contributed by atoms with Crippen LogP contribution in [0, 0.1) is 5.82 Å². The zero-order valence-corrected chi connectivity index (χ0v) is 11.8. The SMILES string of the molecule is OC(CNCc1ccc(F)cc1)COCc1ccccc1. The molecule has 2 N–H and O–H groups in total. The minimum Gasteiger partial charge on any atom is -0.389 e. The minimum atomic E-state index is -0.561. The molecule has 2 aromatic carbocycles. The molecule has 3 nitrogen and oxygen atoms in total. The molecule has 0 aliphatic carbocycles. The lowest BCUT2D eigenvalue weighted by molar-refractivity contribution is 0.0287. The number of ether oxygens (including phenoxy) is 1. The van der Waals surface area contributed by atoms with Gasteiger partial charge in [-0.3, -0.25) is 0 Å².